The van der Waals surface area contributed by atoms with Crippen molar-refractivity contribution in [2.45, 2.75) is 24.0 Å². The molecule has 1 aromatic heterocycles. The van der Waals surface area contributed by atoms with E-state index in [0.717, 1.165) is 23.3 Å². The van der Waals surface area contributed by atoms with Gasteiger partial charge in [-0.1, -0.05) is 54.1 Å². The van der Waals surface area contributed by atoms with E-state index < -0.39 is 40.3 Å². The number of rotatable bonds is 13. The Kier molecular flexibility index (Phi) is 10.8. The van der Waals surface area contributed by atoms with Crippen LogP contribution >= 0.6 is 11.6 Å². The summed E-state index contributed by atoms with van der Waals surface area (Å²) < 4.78 is 47.0. The molecule has 0 spiro atoms. The van der Waals surface area contributed by atoms with Crippen LogP contribution in [0.15, 0.2) is 133 Å². The Hall–Kier alpha value is -5.26. The van der Waals surface area contributed by atoms with Gasteiger partial charge in [0.15, 0.2) is 6.61 Å². The lowest BCUT2D eigenvalue weighted by atomic mass is 10.0. The zero-order chi connectivity index (χ0) is 33.2. The maximum absolute atomic E-state index is 13.9. The summed E-state index contributed by atoms with van der Waals surface area (Å²) in [5, 5.41) is 3.47. The van der Waals surface area contributed by atoms with Gasteiger partial charge in [0.25, 0.3) is 15.9 Å². The number of hydrogen-bond donors (Lipinski definition) is 2. The zero-order valence-electron chi connectivity index (χ0n) is 24.9. The van der Waals surface area contributed by atoms with Crippen LogP contribution in [0, 0.1) is 5.82 Å². The Morgan fingerprint density at radius 1 is 0.830 bits per heavy atom. The fourth-order valence-electron chi connectivity index (χ4n) is 4.68. The van der Waals surface area contributed by atoms with Gasteiger partial charge in [0.05, 0.1) is 4.90 Å². The molecular weight excluding hydrogens is 643 g/mol. The summed E-state index contributed by atoms with van der Waals surface area (Å²) in [4.78, 5) is 33.1. The topological polar surface area (TPSA) is 118 Å². The lowest BCUT2D eigenvalue weighted by Gasteiger charge is -2.31. The molecule has 0 bridgehead atoms. The third-order valence-electron chi connectivity index (χ3n) is 7.07. The molecule has 240 valence electrons. The standard InChI is InChI=1S/C35H30ClFN4O5S/c36-28-8-6-26(7-9-28)23-41(34(27-4-2-1-3-5-27)35(43)39-22-25-18-20-38-21-19-25)33(42)24-46-31-14-16-32(17-15-31)47(44,45)40-30-12-10-29(37)11-13-30/h1-21,34,40H,22-24H2,(H,39,43). The predicted molar refractivity (Wildman–Crippen MR) is 176 cm³/mol. The molecule has 2 amide bonds. The summed E-state index contributed by atoms with van der Waals surface area (Å²) in [6.07, 6.45) is 3.27. The van der Waals surface area contributed by atoms with Crippen LogP contribution in [0.25, 0.3) is 0 Å². The van der Waals surface area contributed by atoms with Crippen LogP contribution in [0.5, 0.6) is 5.75 Å². The van der Waals surface area contributed by atoms with Gasteiger partial charge in [0.1, 0.15) is 17.6 Å². The second kappa shape index (κ2) is 15.4. The van der Waals surface area contributed by atoms with E-state index in [1.54, 1.807) is 73.1 Å². The lowest BCUT2D eigenvalue weighted by molar-refractivity contribution is -0.143. The highest BCUT2D eigenvalue weighted by Crippen LogP contribution is 2.26. The number of amides is 2. The summed E-state index contributed by atoms with van der Waals surface area (Å²) in [6, 6.07) is 28.9. The number of hydrogen-bond acceptors (Lipinski definition) is 6. The van der Waals surface area contributed by atoms with E-state index >= 15 is 0 Å². The number of anilines is 1. The number of pyridine rings is 1. The number of aromatic nitrogens is 1. The van der Waals surface area contributed by atoms with Gasteiger partial charge in [-0.05, 0) is 89.5 Å². The van der Waals surface area contributed by atoms with Crippen molar-refractivity contribution in [1.82, 2.24) is 15.2 Å². The average molecular weight is 673 g/mol. The second-order valence-electron chi connectivity index (χ2n) is 10.4. The Morgan fingerprint density at radius 3 is 2.15 bits per heavy atom. The maximum Gasteiger partial charge on any atom is 0.261 e. The summed E-state index contributed by atoms with van der Waals surface area (Å²) in [7, 11) is -3.96. The summed E-state index contributed by atoms with van der Waals surface area (Å²) in [6.45, 7) is -0.127. The molecule has 0 aliphatic heterocycles. The number of ether oxygens (including phenoxy) is 1. The first-order chi connectivity index (χ1) is 22.7. The molecule has 47 heavy (non-hydrogen) atoms. The van der Waals surface area contributed by atoms with E-state index in [4.69, 9.17) is 16.3 Å². The molecule has 1 atom stereocenters. The van der Waals surface area contributed by atoms with Crippen LogP contribution in [0.1, 0.15) is 22.7 Å². The molecule has 1 unspecified atom stereocenters. The Morgan fingerprint density at radius 2 is 1.49 bits per heavy atom. The molecule has 1 heterocycles. The van der Waals surface area contributed by atoms with E-state index in [2.05, 4.69) is 15.0 Å². The number of nitrogens with zero attached hydrogens (tertiary/aromatic N) is 2. The van der Waals surface area contributed by atoms with Gasteiger partial charge >= 0.3 is 0 Å². The van der Waals surface area contributed by atoms with E-state index in [1.807, 2.05) is 6.07 Å². The maximum atomic E-state index is 13.9. The molecule has 5 aromatic rings. The molecule has 0 radical (unpaired) electrons. The fraction of sp³-hybridized carbons (Fsp3) is 0.114. The summed E-state index contributed by atoms with van der Waals surface area (Å²) >= 11 is 6.10. The van der Waals surface area contributed by atoms with Crippen LogP contribution in [0.2, 0.25) is 5.02 Å². The van der Waals surface area contributed by atoms with Gasteiger partial charge < -0.3 is 15.0 Å². The highest BCUT2D eigenvalue weighted by atomic mass is 35.5. The smallest absolute Gasteiger partial charge is 0.261 e. The molecule has 5 rings (SSSR count). The highest BCUT2D eigenvalue weighted by molar-refractivity contribution is 7.92. The largest absolute Gasteiger partial charge is 0.484 e. The van der Waals surface area contributed by atoms with Crippen molar-refractivity contribution in [1.29, 1.82) is 0 Å². The summed E-state index contributed by atoms with van der Waals surface area (Å²) in [5.74, 6) is -1.12. The molecule has 2 N–H and O–H groups in total. The molecular formula is C35H30ClFN4O5S. The second-order valence-corrected chi connectivity index (χ2v) is 12.5. The van der Waals surface area contributed by atoms with Gasteiger partial charge in [0.2, 0.25) is 5.91 Å². The molecule has 9 nitrogen and oxygen atoms in total. The minimum atomic E-state index is -3.96. The van der Waals surface area contributed by atoms with Gasteiger partial charge in [-0.15, -0.1) is 0 Å². The van der Waals surface area contributed by atoms with Gasteiger partial charge in [-0.25, -0.2) is 12.8 Å². The monoisotopic (exact) mass is 672 g/mol. The number of sulfonamides is 1. The first-order valence-corrected chi connectivity index (χ1v) is 16.3. The van der Waals surface area contributed by atoms with Crippen molar-refractivity contribution in [3.63, 3.8) is 0 Å². The minimum absolute atomic E-state index is 0.0557. The van der Waals surface area contributed by atoms with E-state index in [9.17, 15) is 22.4 Å². The SMILES string of the molecule is O=C(NCc1ccncc1)C(c1ccccc1)N(Cc1ccc(Cl)cc1)C(=O)COc1ccc(S(=O)(=O)Nc2ccc(F)cc2)cc1. The van der Waals surface area contributed by atoms with Crippen molar-refractivity contribution < 1.29 is 27.1 Å². The fourth-order valence-corrected chi connectivity index (χ4v) is 5.86. The first kappa shape index (κ1) is 33.1. The number of nitrogens with one attached hydrogen (secondary N) is 2. The van der Waals surface area contributed by atoms with Crippen LogP contribution in [0.4, 0.5) is 10.1 Å². The van der Waals surface area contributed by atoms with Gasteiger partial charge in [-0.3, -0.25) is 19.3 Å². The highest BCUT2D eigenvalue weighted by Gasteiger charge is 2.32. The lowest BCUT2D eigenvalue weighted by Crippen LogP contribution is -2.45. The Balaban J connectivity index is 1.35. The number of halogens is 2. The van der Waals surface area contributed by atoms with Crippen LogP contribution in [-0.2, 0) is 32.7 Å². The van der Waals surface area contributed by atoms with Crippen molar-refractivity contribution in [3.8, 4) is 5.75 Å². The third kappa shape index (κ3) is 9.15. The molecule has 0 aliphatic rings. The Labute approximate surface area is 277 Å². The third-order valence-corrected chi connectivity index (χ3v) is 8.72. The molecule has 0 fully saturated rings. The number of carbonyl (C=O) groups is 2. The zero-order valence-corrected chi connectivity index (χ0v) is 26.5. The van der Waals surface area contributed by atoms with E-state index in [1.165, 1.54) is 41.3 Å². The quantitative estimate of drug-likeness (QED) is 0.155. The van der Waals surface area contributed by atoms with Gasteiger partial charge in [-0.2, -0.15) is 0 Å². The summed E-state index contributed by atoms with van der Waals surface area (Å²) in [5.41, 5.74) is 2.40. The first-order valence-electron chi connectivity index (χ1n) is 14.4. The molecule has 4 aromatic carbocycles. The van der Waals surface area contributed by atoms with E-state index in [-0.39, 0.29) is 29.4 Å². The van der Waals surface area contributed by atoms with Crippen LogP contribution in [-0.4, -0.2) is 36.7 Å². The van der Waals surface area contributed by atoms with Crippen molar-refractivity contribution in [3.05, 3.63) is 155 Å². The minimum Gasteiger partial charge on any atom is -0.484 e. The average Bonchev–Trinajstić information content (AvgIpc) is 3.09. The van der Waals surface area contributed by atoms with Crippen LogP contribution in [0.3, 0.4) is 0 Å². The molecule has 12 heteroatoms. The van der Waals surface area contributed by atoms with Crippen LogP contribution < -0.4 is 14.8 Å². The van der Waals surface area contributed by atoms with Crippen molar-refractivity contribution in [2.24, 2.45) is 0 Å². The number of carbonyl (C=O) groups excluding carboxylic acids is 2. The van der Waals surface area contributed by atoms with Crippen molar-refractivity contribution >= 4 is 39.1 Å². The van der Waals surface area contributed by atoms with Gasteiger partial charge in [0, 0.05) is 36.2 Å². The van der Waals surface area contributed by atoms with Crippen molar-refractivity contribution in [2.75, 3.05) is 11.3 Å². The molecule has 0 saturated carbocycles. The predicted octanol–water partition coefficient (Wildman–Crippen LogP) is 6.14. The molecule has 0 aliphatic carbocycles. The normalized spacial score (nSPS) is 11.7. The van der Waals surface area contributed by atoms with E-state index in [0.29, 0.717) is 10.6 Å². The Bertz CT molecular complexity index is 1900. The molecule has 0 saturated heterocycles. The number of benzene rings is 4.